The van der Waals surface area contributed by atoms with Crippen LogP contribution in [0.15, 0.2) is 29.2 Å². The highest BCUT2D eigenvalue weighted by Gasteiger charge is 2.34. The van der Waals surface area contributed by atoms with E-state index in [1.165, 1.54) is 4.31 Å². The quantitative estimate of drug-likeness (QED) is 0.787. The van der Waals surface area contributed by atoms with Gasteiger partial charge in [-0.2, -0.15) is 4.31 Å². The van der Waals surface area contributed by atoms with Crippen molar-refractivity contribution < 1.29 is 13.2 Å². The molecule has 0 radical (unpaired) electrons. The van der Waals surface area contributed by atoms with E-state index in [9.17, 15) is 13.2 Å². The first-order valence-corrected chi connectivity index (χ1v) is 11.9. The Balaban J connectivity index is 1.75. The van der Waals surface area contributed by atoms with Gasteiger partial charge in [0.25, 0.3) is 0 Å². The third-order valence-corrected chi connectivity index (χ3v) is 7.91. The van der Waals surface area contributed by atoms with Crippen molar-refractivity contribution in [2.24, 2.45) is 0 Å². The minimum Gasteiger partial charge on any atom is -0.352 e. The van der Waals surface area contributed by atoms with E-state index in [0.29, 0.717) is 0 Å². The zero-order valence-corrected chi connectivity index (χ0v) is 17.9. The van der Waals surface area contributed by atoms with Crippen molar-refractivity contribution in [2.75, 3.05) is 26.7 Å². The van der Waals surface area contributed by atoms with Crippen LogP contribution in [0.3, 0.4) is 0 Å². The fraction of sp³-hybridized carbons (Fsp3) is 0.667. The zero-order chi connectivity index (χ0) is 20.1. The Morgan fingerprint density at radius 1 is 1.07 bits per heavy atom. The lowest BCUT2D eigenvalue weighted by Gasteiger charge is -2.34. The summed E-state index contributed by atoms with van der Waals surface area (Å²) in [6.07, 6.45) is 6.64. The SMILES string of the molecule is Cc1ccc(S(=O)(=O)N(CC(=O)NC2CCN(C)CC2)C2CCCCC2)cc1. The van der Waals surface area contributed by atoms with Crippen molar-refractivity contribution in [3.8, 4) is 0 Å². The summed E-state index contributed by atoms with van der Waals surface area (Å²) >= 11 is 0. The molecule has 2 aliphatic rings. The molecule has 1 aliphatic heterocycles. The highest BCUT2D eigenvalue weighted by Crippen LogP contribution is 2.28. The molecule has 1 saturated heterocycles. The van der Waals surface area contributed by atoms with Crippen LogP contribution in [0.1, 0.15) is 50.5 Å². The van der Waals surface area contributed by atoms with Crippen LogP contribution in [0.2, 0.25) is 0 Å². The van der Waals surface area contributed by atoms with E-state index in [-0.39, 0.29) is 29.4 Å². The van der Waals surface area contributed by atoms with Gasteiger partial charge in [-0.1, -0.05) is 37.0 Å². The topological polar surface area (TPSA) is 69.7 Å². The first-order chi connectivity index (χ1) is 13.4. The number of hydrogen-bond acceptors (Lipinski definition) is 4. The maximum absolute atomic E-state index is 13.4. The predicted octanol–water partition coefficient (Wildman–Crippen LogP) is 2.53. The van der Waals surface area contributed by atoms with Crippen LogP contribution in [-0.4, -0.2) is 62.3 Å². The number of nitrogens with zero attached hydrogens (tertiary/aromatic N) is 2. The van der Waals surface area contributed by atoms with Gasteiger partial charge in [-0.3, -0.25) is 4.79 Å². The van der Waals surface area contributed by atoms with Gasteiger partial charge in [0.15, 0.2) is 0 Å². The monoisotopic (exact) mass is 407 g/mol. The maximum Gasteiger partial charge on any atom is 0.243 e. The molecule has 156 valence electrons. The first kappa shape index (κ1) is 21.3. The van der Waals surface area contributed by atoms with Crippen LogP contribution in [0, 0.1) is 6.92 Å². The summed E-state index contributed by atoms with van der Waals surface area (Å²) in [5.74, 6) is -0.184. The van der Waals surface area contributed by atoms with E-state index in [4.69, 9.17) is 0 Å². The van der Waals surface area contributed by atoms with Gasteiger partial charge in [0.2, 0.25) is 15.9 Å². The number of carbonyl (C=O) groups is 1. The Morgan fingerprint density at radius 2 is 1.68 bits per heavy atom. The summed E-state index contributed by atoms with van der Waals surface area (Å²) in [7, 11) is -1.62. The third kappa shape index (κ3) is 5.33. The van der Waals surface area contributed by atoms with E-state index in [2.05, 4.69) is 17.3 Å². The molecule has 1 heterocycles. The second kappa shape index (κ2) is 9.37. The van der Waals surface area contributed by atoms with Crippen molar-refractivity contribution in [1.82, 2.24) is 14.5 Å². The highest BCUT2D eigenvalue weighted by atomic mass is 32.2. The molecule has 28 heavy (non-hydrogen) atoms. The lowest BCUT2D eigenvalue weighted by atomic mass is 9.95. The highest BCUT2D eigenvalue weighted by molar-refractivity contribution is 7.89. The molecule has 1 aliphatic carbocycles. The number of piperidine rings is 1. The first-order valence-electron chi connectivity index (χ1n) is 10.4. The molecule has 0 unspecified atom stereocenters. The fourth-order valence-electron chi connectivity index (χ4n) is 4.19. The number of benzene rings is 1. The molecular weight excluding hydrogens is 374 g/mol. The number of hydrogen-bond donors (Lipinski definition) is 1. The minimum atomic E-state index is -3.70. The van der Waals surface area contributed by atoms with Crippen molar-refractivity contribution in [3.05, 3.63) is 29.8 Å². The lowest BCUT2D eigenvalue weighted by molar-refractivity contribution is -0.122. The molecule has 6 nitrogen and oxygen atoms in total. The Morgan fingerprint density at radius 3 is 2.29 bits per heavy atom. The molecule has 1 saturated carbocycles. The summed E-state index contributed by atoms with van der Waals surface area (Å²) < 4.78 is 28.2. The molecular formula is C21H33N3O3S. The summed E-state index contributed by atoms with van der Waals surface area (Å²) in [4.78, 5) is 15.3. The van der Waals surface area contributed by atoms with E-state index in [0.717, 1.165) is 63.6 Å². The van der Waals surface area contributed by atoms with Crippen LogP contribution >= 0.6 is 0 Å². The molecule has 1 aromatic carbocycles. The van der Waals surface area contributed by atoms with Gasteiger partial charge < -0.3 is 10.2 Å². The second-order valence-electron chi connectivity index (χ2n) is 8.30. The second-order valence-corrected chi connectivity index (χ2v) is 10.2. The largest absolute Gasteiger partial charge is 0.352 e. The van der Waals surface area contributed by atoms with E-state index < -0.39 is 10.0 Å². The van der Waals surface area contributed by atoms with Crippen LogP contribution < -0.4 is 5.32 Å². The van der Waals surface area contributed by atoms with Crippen LogP contribution in [0.5, 0.6) is 0 Å². The number of likely N-dealkylation sites (tertiary alicyclic amines) is 1. The molecule has 1 amide bonds. The van der Waals surface area contributed by atoms with E-state index in [1.54, 1.807) is 12.1 Å². The van der Waals surface area contributed by atoms with Gasteiger partial charge in [-0.05, 0) is 64.9 Å². The summed E-state index contributed by atoms with van der Waals surface area (Å²) in [6, 6.07) is 6.96. The Kier molecular flexibility index (Phi) is 7.12. The lowest BCUT2D eigenvalue weighted by Crippen LogP contribution is -2.50. The number of nitrogens with one attached hydrogen (secondary N) is 1. The molecule has 0 atom stereocenters. The maximum atomic E-state index is 13.4. The number of sulfonamides is 1. The van der Waals surface area contributed by atoms with Crippen molar-refractivity contribution >= 4 is 15.9 Å². The fourth-order valence-corrected chi connectivity index (χ4v) is 5.83. The molecule has 0 bridgehead atoms. The molecule has 3 rings (SSSR count). The predicted molar refractivity (Wildman–Crippen MR) is 111 cm³/mol. The molecule has 0 spiro atoms. The standard InChI is InChI=1S/C21H33N3O3S/c1-17-8-10-20(11-9-17)28(26,27)24(19-6-4-3-5-7-19)16-21(25)22-18-12-14-23(2)15-13-18/h8-11,18-19H,3-7,12-16H2,1-2H3,(H,22,25). The van der Waals surface area contributed by atoms with Gasteiger partial charge in [-0.15, -0.1) is 0 Å². The van der Waals surface area contributed by atoms with Gasteiger partial charge in [-0.25, -0.2) is 8.42 Å². The number of amides is 1. The summed E-state index contributed by atoms with van der Waals surface area (Å²) in [5, 5.41) is 3.07. The summed E-state index contributed by atoms with van der Waals surface area (Å²) in [6.45, 7) is 3.76. The van der Waals surface area contributed by atoms with Crippen molar-refractivity contribution in [3.63, 3.8) is 0 Å². The van der Waals surface area contributed by atoms with Crippen LogP contribution in [0.4, 0.5) is 0 Å². The van der Waals surface area contributed by atoms with Gasteiger partial charge in [0.05, 0.1) is 11.4 Å². The zero-order valence-electron chi connectivity index (χ0n) is 17.1. The smallest absolute Gasteiger partial charge is 0.243 e. The normalized spacial score (nSPS) is 20.4. The van der Waals surface area contributed by atoms with E-state index in [1.807, 2.05) is 19.1 Å². The van der Waals surface area contributed by atoms with Crippen LogP contribution in [0.25, 0.3) is 0 Å². The average molecular weight is 408 g/mol. The van der Waals surface area contributed by atoms with E-state index >= 15 is 0 Å². The Hall–Kier alpha value is -1.44. The van der Waals surface area contributed by atoms with Crippen molar-refractivity contribution in [2.45, 2.75) is 68.8 Å². The molecule has 7 heteroatoms. The third-order valence-electron chi connectivity index (χ3n) is 5.99. The Bertz CT molecular complexity index is 750. The average Bonchev–Trinajstić information content (AvgIpc) is 2.69. The number of carbonyl (C=O) groups excluding carboxylic acids is 1. The molecule has 0 aromatic heterocycles. The Labute approximate surface area is 169 Å². The van der Waals surface area contributed by atoms with Gasteiger partial charge in [0.1, 0.15) is 0 Å². The minimum absolute atomic E-state index is 0.0901. The number of rotatable bonds is 6. The van der Waals surface area contributed by atoms with Crippen molar-refractivity contribution in [1.29, 1.82) is 0 Å². The molecule has 2 fully saturated rings. The van der Waals surface area contributed by atoms with Gasteiger partial charge in [0, 0.05) is 12.1 Å². The molecule has 1 N–H and O–H groups in total. The molecule has 1 aromatic rings. The number of aryl methyl sites for hydroxylation is 1. The van der Waals surface area contributed by atoms with Crippen LogP contribution in [-0.2, 0) is 14.8 Å². The summed E-state index contributed by atoms with van der Waals surface area (Å²) in [5.41, 5.74) is 1.02. The van der Waals surface area contributed by atoms with Gasteiger partial charge >= 0.3 is 0 Å².